The van der Waals surface area contributed by atoms with E-state index in [2.05, 4.69) is 13.8 Å². The van der Waals surface area contributed by atoms with Gasteiger partial charge in [-0.1, -0.05) is 194 Å². The van der Waals surface area contributed by atoms with E-state index in [1.807, 2.05) is 0 Å². The van der Waals surface area contributed by atoms with Gasteiger partial charge in [-0.05, 0) is 12.8 Å². The Labute approximate surface area is 274 Å². The first kappa shape index (κ1) is 42.9. The lowest BCUT2D eigenvalue weighted by Crippen LogP contribution is -2.28. The molecule has 0 heterocycles. The Balaban J connectivity index is 3.48. The fourth-order valence-corrected chi connectivity index (χ4v) is 5.91. The van der Waals surface area contributed by atoms with Gasteiger partial charge in [0.05, 0.1) is 6.61 Å². The van der Waals surface area contributed by atoms with Crippen molar-refractivity contribution in [3.8, 4) is 0 Å². The van der Waals surface area contributed by atoms with Crippen molar-refractivity contribution in [1.29, 1.82) is 0 Å². The van der Waals surface area contributed by atoms with Gasteiger partial charge >= 0.3 is 11.9 Å². The molecule has 0 aliphatic heterocycles. The summed E-state index contributed by atoms with van der Waals surface area (Å²) >= 11 is 0. The second-order valence-electron chi connectivity index (χ2n) is 13.4. The van der Waals surface area contributed by atoms with Crippen molar-refractivity contribution in [2.75, 3.05) is 13.2 Å². The Hall–Kier alpha value is -1.10. The summed E-state index contributed by atoms with van der Waals surface area (Å²) in [6, 6.07) is 0. The molecule has 262 valence electrons. The lowest BCUT2D eigenvalue weighted by Gasteiger charge is -2.15. The molecule has 5 heteroatoms. The zero-order chi connectivity index (χ0) is 32.2. The zero-order valence-electron chi connectivity index (χ0n) is 29.7. The lowest BCUT2D eigenvalue weighted by molar-refractivity contribution is -0.161. The summed E-state index contributed by atoms with van der Waals surface area (Å²) < 4.78 is 10.6. The van der Waals surface area contributed by atoms with Gasteiger partial charge in [-0.15, -0.1) is 0 Å². The van der Waals surface area contributed by atoms with Gasteiger partial charge in [0.15, 0.2) is 6.10 Å². The van der Waals surface area contributed by atoms with Crippen molar-refractivity contribution >= 4 is 11.9 Å². The van der Waals surface area contributed by atoms with Crippen LogP contribution in [0, 0.1) is 0 Å². The molecule has 1 unspecified atom stereocenters. The average molecular weight is 625 g/mol. The van der Waals surface area contributed by atoms with Gasteiger partial charge in [0.2, 0.25) is 0 Å². The molecule has 5 nitrogen and oxygen atoms in total. The minimum atomic E-state index is -0.760. The summed E-state index contributed by atoms with van der Waals surface area (Å²) in [5.41, 5.74) is 0. The third kappa shape index (κ3) is 33.8. The molecule has 0 rings (SSSR count). The predicted molar refractivity (Wildman–Crippen MR) is 187 cm³/mol. The van der Waals surface area contributed by atoms with Gasteiger partial charge in [0, 0.05) is 12.8 Å². The van der Waals surface area contributed by atoms with Crippen LogP contribution in [0.3, 0.4) is 0 Å². The van der Waals surface area contributed by atoms with Crippen molar-refractivity contribution in [2.45, 2.75) is 225 Å². The van der Waals surface area contributed by atoms with E-state index in [1.54, 1.807) is 0 Å². The van der Waals surface area contributed by atoms with Gasteiger partial charge in [0.25, 0.3) is 0 Å². The molecule has 1 N–H and O–H groups in total. The van der Waals surface area contributed by atoms with Crippen LogP contribution >= 0.6 is 0 Å². The smallest absolute Gasteiger partial charge is 0.306 e. The normalized spacial score (nSPS) is 12.0. The molecule has 44 heavy (non-hydrogen) atoms. The number of aliphatic hydroxyl groups is 1. The molecule has 0 aromatic heterocycles. The Morgan fingerprint density at radius 1 is 0.432 bits per heavy atom. The Morgan fingerprint density at radius 2 is 0.705 bits per heavy atom. The molecule has 0 spiro atoms. The number of rotatable bonds is 36. The number of hydrogen-bond donors (Lipinski definition) is 1. The summed E-state index contributed by atoms with van der Waals surface area (Å²) in [7, 11) is 0. The maximum atomic E-state index is 12.1. The van der Waals surface area contributed by atoms with Crippen molar-refractivity contribution in [3.63, 3.8) is 0 Å². The standard InChI is InChI=1S/C39H76O5/c1-3-5-7-9-11-13-15-17-18-19-20-22-23-25-27-29-31-33-38(41)43-36-37(35-40)44-39(42)34-32-30-28-26-24-21-16-14-12-10-8-6-4-2/h37,40H,3-36H2,1-2H3. The van der Waals surface area contributed by atoms with E-state index in [0.29, 0.717) is 12.8 Å². The molecule has 0 fully saturated rings. The third-order valence-electron chi connectivity index (χ3n) is 8.90. The van der Waals surface area contributed by atoms with Crippen molar-refractivity contribution in [2.24, 2.45) is 0 Å². The van der Waals surface area contributed by atoms with Gasteiger partial charge in [-0.2, -0.15) is 0 Å². The molecule has 0 bridgehead atoms. The zero-order valence-corrected chi connectivity index (χ0v) is 29.7. The highest BCUT2D eigenvalue weighted by molar-refractivity contribution is 5.70. The van der Waals surface area contributed by atoms with Crippen LogP contribution in [0.1, 0.15) is 219 Å². The highest BCUT2D eigenvalue weighted by Crippen LogP contribution is 2.15. The molecular weight excluding hydrogens is 548 g/mol. The first-order valence-corrected chi connectivity index (χ1v) is 19.6. The molecule has 0 aromatic carbocycles. The maximum Gasteiger partial charge on any atom is 0.306 e. The fraction of sp³-hybridized carbons (Fsp3) is 0.949. The topological polar surface area (TPSA) is 72.8 Å². The minimum absolute atomic E-state index is 0.0569. The van der Waals surface area contributed by atoms with Gasteiger partial charge in [0.1, 0.15) is 6.61 Å². The van der Waals surface area contributed by atoms with E-state index < -0.39 is 6.10 Å². The van der Waals surface area contributed by atoms with Crippen LogP contribution in [0.2, 0.25) is 0 Å². The van der Waals surface area contributed by atoms with Crippen LogP contribution in [-0.2, 0) is 19.1 Å². The summed E-state index contributed by atoms with van der Waals surface area (Å²) in [4.78, 5) is 24.2. The number of aliphatic hydroxyl groups excluding tert-OH is 1. The number of unbranched alkanes of at least 4 members (excludes halogenated alkanes) is 28. The summed E-state index contributed by atoms with van der Waals surface area (Å²) in [6.07, 6.45) is 38.7. The first-order valence-electron chi connectivity index (χ1n) is 19.6. The molecule has 0 radical (unpaired) electrons. The highest BCUT2D eigenvalue weighted by Gasteiger charge is 2.16. The SMILES string of the molecule is CCCCCCCCCCCCCCCCCCCC(=O)OCC(CO)OC(=O)CCCCCCCCCCCCCCC. The van der Waals surface area contributed by atoms with Gasteiger partial charge in [-0.3, -0.25) is 9.59 Å². The van der Waals surface area contributed by atoms with Crippen molar-refractivity contribution < 1.29 is 24.2 Å². The molecule has 0 saturated heterocycles. The average Bonchev–Trinajstić information content (AvgIpc) is 3.02. The molecular formula is C39H76O5. The molecule has 1 atom stereocenters. The van der Waals surface area contributed by atoms with Crippen molar-refractivity contribution in [3.05, 3.63) is 0 Å². The highest BCUT2D eigenvalue weighted by atomic mass is 16.6. The number of carbonyl (C=O) groups excluding carboxylic acids is 2. The maximum absolute atomic E-state index is 12.1. The van der Waals surface area contributed by atoms with E-state index in [-0.39, 0.29) is 25.2 Å². The number of carbonyl (C=O) groups is 2. The van der Waals surface area contributed by atoms with Crippen LogP contribution in [-0.4, -0.2) is 36.4 Å². The number of ether oxygens (including phenoxy) is 2. The van der Waals surface area contributed by atoms with E-state index in [4.69, 9.17) is 9.47 Å². The van der Waals surface area contributed by atoms with Crippen LogP contribution in [0.25, 0.3) is 0 Å². The van der Waals surface area contributed by atoms with Crippen LogP contribution in [0.5, 0.6) is 0 Å². The quantitative estimate of drug-likeness (QED) is 0.0554. The third-order valence-corrected chi connectivity index (χ3v) is 8.90. The Kier molecular flexibility index (Phi) is 35.5. The van der Waals surface area contributed by atoms with E-state index in [0.717, 1.165) is 32.1 Å². The summed E-state index contributed by atoms with van der Waals surface area (Å²) in [5, 5.41) is 9.54. The number of hydrogen-bond acceptors (Lipinski definition) is 5. The first-order chi connectivity index (χ1) is 21.6. The second-order valence-corrected chi connectivity index (χ2v) is 13.4. The van der Waals surface area contributed by atoms with E-state index >= 15 is 0 Å². The van der Waals surface area contributed by atoms with E-state index in [1.165, 1.54) is 161 Å². The lowest BCUT2D eigenvalue weighted by atomic mass is 10.0. The Bertz CT molecular complexity index is 593. The summed E-state index contributed by atoms with van der Waals surface area (Å²) in [5.74, 6) is -0.576. The van der Waals surface area contributed by atoms with Crippen molar-refractivity contribution in [1.82, 2.24) is 0 Å². The van der Waals surface area contributed by atoms with Crippen LogP contribution in [0.15, 0.2) is 0 Å². The fourth-order valence-electron chi connectivity index (χ4n) is 5.91. The predicted octanol–water partition coefficient (Wildman–Crippen LogP) is 12.0. The Morgan fingerprint density at radius 3 is 1.00 bits per heavy atom. The molecule has 0 saturated carbocycles. The monoisotopic (exact) mass is 625 g/mol. The van der Waals surface area contributed by atoms with Gasteiger partial charge in [-0.25, -0.2) is 0 Å². The minimum Gasteiger partial charge on any atom is -0.462 e. The number of esters is 2. The molecule has 0 amide bonds. The van der Waals surface area contributed by atoms with Crippen LogP contribution in [0.4, 0.5) is 0 Å². The molecule has 0 aliphatic rings. The summed E-state index contributed by atoms with van der Waals surface area (Å²) in [6.45, 7) is 4.16. The van der Waals surface area contributed by atoms with Crippen LogP contribution < -0.4 is 0 Å². The molecule has 0 aliphatic carbocycles. The van der Waals surface area contributed by atoms with E-state index in [9.17, 15) is 14.7 Å². The van der Waals surface area contributed by atoms with Gasteiger partial charge < -0.3 is 14.6 Å². The second kappa shape index (κ2) is 36.4. The largest absolute Gasteiger partial charge is 0.462 e. The molecule has 0 aromatic rings.